The molecule has 0 amide bonds. The molecular weight excluding hydrogens is 320 g/mol. The van der Waals surface area contributed by atoms with Gasteiger partial charge in [0.05, 0.1) is 18.3 Å². The fraction of sp³-hybridized carbons (Fsp3) is 1.00. The largest absolute Gasteiger partial charge is 0.393 e. The van der Waals surface area contributed by atoms with Gasteiger partial charge in [0.1, 0.15) is 0 Å². The summed E-state index contributed by atoms with van der Waals surface area (Å²) in [6.07, 6.45) is 17.6. The van der Waals surface area contributed by atoms with E-state index in [0.717, 1.165) is 42.4 Å². The summed E-state index contributed by atoms with van der Waals surface area (Å²) in [5.74, 6) is 4.06. The van der Waals surface area contributed by atoms with Crippen molar-refractivity contribution in [1.82, 2.24) is 0 Å². The topological polar surface area (TPSA) is 29.5 Å². The first-order valence-corrected chi connectivity index (χ1v) is 11.9. The van der Waals surface area contributed by atoms with Crippen LogP contribution in [0, 0.1) is 29.6 Å². The molecule has 0 spiro atoms. The molecule has 1 aliphatic heterocycles. The van der Waals surface area contributed by atoms with Crippen molar-refractivity contribution < 1.29 is 9.84 Å². The number of rotatable bonds is 7. The maximum absolute atomic E-state index is 10.5. The number of hydrogen-bond donors (Lipinski definition) is 1. The van der Waals surface area contributed by atoms with E-state index in [1.54, 1.807) is 0 Å². The Hall–Kier alpha value is -0.0800. The van der Waals surface area contributed by atoms with E-state index in [1.807, 2.05) is 0 Å². The third-order valence-electron chi connectivity index (χ3n) is 8.10. The molecule has 3 aliphatic rings. The average Bonchev–Trinajstić information content (AvgIpc) is 2.98. The molecule has 3 fully saturated rings. The molecule has 3 rings (SSSR count). The number of ether oxygens (including phenoxy) is 1. The predicted octanol–water partition coefficient (Wildman–Crippen LogP) is 6.35. The summed E-state index contributed by atoms with van der Waals surface area (Å²) in [5.41, 5.74) is 0. The lowest BCUT2D eigenvalue weighted by atomic mass is 9.75. The molecule has 4 unspecified atom stereocenters. The molecule has 1 heterocycles. The summed E-state index contributed by atoms with van der Waals surface area (Å²) in [5, 5.41) is 10.5. The van der Waals surface area contributed by atoms with Gasteiger partial charge in [0.2, 0.25) is 0 Å². The molecule has 2 saturated carbocycles. The van der Waals surface area contributed by atoms with Crippen LogP contribution in [0.3, 0.4) is 0 Å². The molecule has 1 N–H and O–H groups in total. The lowest BCUT2D eigenvalue weighted by molar-refractivity contribution is -0.0133. The van der Waals surface area contributed by atoms with E-state index >= 15 is 0 Å². The van der Waals surface area contributed by atoms with Crippen molar-refractivity contribution in [2.24, 2.45) is 29.6 Å². The van der Waals surface area contributed by atoms with Gasteiger partial charge in [-0.05, 0) is 68.6 Å². The van der Waals surface area contributed by atoms with Crippen LogP contribution in [0.15, 0.2) is 0 Å². The minimum Gasteiger partial charge on any atom is -0.393 e. The minimum atomic E-state index is -0.0693. The lowest BCUT2D eigenvalue weighted by Crippen LogP contribution is -2.29. The van der Waals surface area contributed by atoms with Gasteiger partial charge in [0.15, 0.2) is 0 Å². The van der Waals surface area contributed by atoms with Gasteiger partial charge in [-0.25, -0.2) is 0 Å². The van der Waals surface area contributed by atoms with Gasteiger partial charge in [0, 0.05) is 0 Å². The highest BCUT2D eigenvalue weighted by Gasteiger charge is 2.39. The summed E-state index contributed by atoms with van der Waals surface area (Å²) in [6.45, 7) is 7.10. The maximum Gasteiger partial charge on any atom is 0.0613 e. The molecule has 2 aliphatic carbocycles. The molecule has 152 valence electrons. The van der Waals surface area contributed by atoms with Crippen LogP contribution in [0.2, 0.25) is 0 Å². The summed E-state index contributed by atoms with van der Waals surface area (Å²) in [7, 11) is 0. The van der Waals surface area contributed by atoms with Crippen molar-refractivity contribution in [3.8, 4) is 0 Å². The van der Waals surface area contributed by atoms with Gasteiger partial charge in [-0.2, -0.15) is 0 Å². The zero-order chi connectivity index (χ0) is 18.5. The summed E-state index contributed by atoms with van der Waals surface area (Å²) in [4.78, 5) is 0. The van der Waals surface area contributed by atoms with Gasteiger partial charge in [-0.3, -0.25) is 0 Å². The zero-order valence-corrected chi connectivity index (χ0v) is 17.7. The first-order valence-electron chi connectivity index (χ1n) is 11.9. The summed E-state index contributed by atoms with van der Waals surface area (Å²) in [6, 6.07) is 0. The molecule has 0 bridgehead atoms. The van der Waals surface area contributed by atoms with Crippen LogP contribution in [0.4, 0.5) is 0 Å². The monoisotopic (exact) mass is 364 g/mol. The van der Waals surface area contributed by atoms with E-state index in [9.17, 15) is 5.11 Å². The third-order valence-corrected chi connectivity index (χ3v) is 8.10. The zero-order valence-electron chi connectivity index (χ0n) is 17.7. The Bertz CT molecular complexity index is 401. The van der Waals surface area contributed by atoms with Crippen molar-refractivity contribution in [1.29, 1.82) is 0 Å². The van der Waals surface area contributed by atoms with Crippen molar-refractivity contribution in [2.75, 3.05) is 0 Å². The van der Waals surface area contributed by atoms with Gasteiger partial charge < -0.3 is 9.84 Å². The van der Waals surface area contributed by atoms with Crippen LogP contribution in [-0.2, 0) is 4.74 Å². The van der Waals surface area contributed by atoms with E-state index in [2.05, 4.69) is 20.8 Å². The van der Waals surface area contributed by atoms with E-state index in [1.165, 1.54) is 70.6 Å². The predicted molar refractivity (Wildman–Crippen MR) is 109 cm³/mol. The molecule has 2 nitrogen and oxygen atoms in total. The fourth-order valence-corrected chi connectivity index (χ4v) is 6.14. The second-order valence-electron chi connectivity index (χ2n) is 10.2. The molecule has 0 aromatic heterocycles. The van der Waals surface area contributed by atoms with Crippen LogP contribution >= 0.6 is 0 Å². The van der Waals surface area contributed by atoms with E-state index in [0.29, 0.717) is 12.2 Å². The number of aliphatic hydroxyl groups is 1. The Morgan fingerprint density at radius 1 is 0.962 bits per heavy atom. The third kappa shape index (κ3) is 5.71. The highest BCUT2D eigenvalue weighted by molar-refractivity contribution is 4.88. The molecule has 26 heavy (non-hydrogen) atoms. The molecule has 2 heteroatoms. The maximum atomic E-state index is 10.5. The first kappa shape index (κ1) is 20.6. The Kier molecular flexibility index (Phi) is 7.88. The molecule has 0 aromatic carbocycles. The Balaban J connectivity index is 1.34. The van der Waals surface area contributed by atoms with Crippen LogP contribution in [0.5, 0.6) is 0 Å². The normalized spacial score (nSPS) is 42.7. The minimum absolute atomic E-state index is 0.0693. The van der Waals surface area contributed by atoms with E-state index in [4.69, 9.17) is 4.74 Å². The Morgan fingerprint density at radius 3 is 2.42 bits per heavy atom. The van der Waals surface area contributed by atoms with Gasteiger partial charge in [-0.1, -0.05) is 65.2 Å². The Morgan fingerprint density at radius 2 is 1.69 bits per heavy atom. The highest BCUT2D eigenvalue weighted by Crippen LogP contribution is 2.41. The molecular formula is C24H44O2. The van der Waals surface area contributed by atoms with Crippen molar-refractivity contribution in [3.63, 3.8) is 0 Å². The standard InChI is InChI=1S/C24H44O2/c1-17-11-13-20(14-12-17)15-22(25)9-6-8-21-16-24(26-19(21)3)23-10-5-4-7-18(23)2/h17-25H,4-16H2,1-3H3/t17?,18?,19?,20?,21?,22-,23?,24+/m0/s1. The molecule has 0 aromatic rings. The fourth-order valence-electron chi connectivity index (χ4n) is 6.14. The van der Waals surface area contributed by atoms with Gasteiger partial charge in [-0.15, -0.1) is 0 Å². The van der Waals surface area contributed by atoms with Crippen LogP contribution < -0.4 is 0 Å². The van der Waals surface area contributed by atoms with Gasteiger partial charge >= 0.3 is 0 Å². The molecule has 1 saturated heterocycles. The average molecular weight is 365 g/mol. The van der Waals surface area contributed by atoms with Crippen molar-refractivity contribution in [2.45, 2.75) is 123 Å². The number of aliphatic hydroxyl groups excluding tert-OH is 1. The smallest absolute Gasteiger partial charge is 0.0613 e. The number of hydrogen-bond acceptors (Lipinski definition) is 2. The van der Waals surface area contributed by atoms with E-state index < -0.39 is 0 Å². The molecule has 0 radical (unpaired) electrons. The lowest BCUT2D eigenvalue weighted by Gasteiger charge is -2.33. The van der Waals surface area contributed by atoms with Crippen LogP contribution in [0.25, 0.3) is 0 Å². The van der Waals surface area contributed by atoms with Crippen LogP contribution in [0.1, 0.15) is 104 Å². The van der Waals surface area contributed by atoms with Crippen LogP contribution in [-0.4, -0.2) is 23.4 Å². The van der Waals surface area contributed by atoms with E-state index in [-0.39, 0.29) is 6.10 Å². The second-order valence-corrected chi connectivity index (χ2v) is 10.2. The summed E-state index contributed by atoms with van der Waals surface area (Å²) >= 11 is 0. The Labute approximate surface area is 162 Å². The first-order chi connectivity index (χ1) is 12.5. The summed E-state index contributed by atoms with van der Waals surface area (Å²) < 4.78 is 6.41. The van der Waals surface area contributed by atoms with Gasteiger partial charge in [0.25, 0.3) is 0 Å². The second kappa shape index (κ2) is 9.92. The highest BCUT2D eigenvalue weighted by atomic mass is 16.5. The SMILES string of the molecule is CC1CCC(C[C@@H](O)CCCC2C[C@H](C3CCCCC3C)OC2C)CC1. The van der Waals surface area contributed by atoms with Crippen molar-refractivity contribution >= 4 is 0 Å². The quantitative estimate of drug-likeness (QED) is 0.570. The van der Waals surface area contributed by atoms with Crippen molar-refractivity contribution in [3.05, 3.63) is 0 Å². The molecule has 6 atom stereocenters.